The summed E-state index contributed by atoms with van der Waals surface area (Å²) in [5, 5.41) is 0. The molecule has 0 bridgehead atoms. The van der Waals surface area contributed by atoms with Crippen LogP contribution in [0.2, 0.25) is 0 Å². The molecule has 0 saturated carbocycles. The number of aromatic amines is 2. The van der Waals surface area contributed by atoms with Crippen molar-refractivity contribution in [1.82, 2.24) is 9.97 Å². The van der Waals surface area contributed by atoms with Crippen molar-refractivity contribution in [2.75, 3.05) is 6.61 Å². The van der Waals surface area contributed by atoms with Crippen LogP contribution in [0.1, 0.15) is 12.6 Å². The molecule has 7 heteroatoms. The van der Waals surface area contributed by atoms with Crippen LogP contribution in [0.25, 0.3) is 0 Å². The first-order chi connectivity index (χ1) is 9.48. The van der Waals surface area contributed by atoms with Crippen molar-refractivity contribution >= 4 is 11.8 Å². The zero-order valence-electron chi connectivity index (χ0n) is 10.5. The van der Waals surface area contributed by atoms with Crippen LogP contribution in [0.5, 0.6) is 5.75 Å². The van der Waals surface area contributed by atoms with E-state index < -0.39 is 15.9 Å². The molecule has 2 aromatic rings. The molecule has 5 nitrogen and oxygen atoms in total. The monoisotopic (exact) mass is 294 g/mol. The molecular weight excluding hydrogens is 283 g/mol. The number of ether oxygens (including phenoxy) is 1. The highest BCUT2D eigenvalue weighted by Crippen LogP contribution is 2.47. The van der Waals surface area contributed by atoms with Gasteiger partial charge >= 0.3 is 11.1 Å². The summed E-state index contributed by atoms with van der Waals surface area (Å²) in [6.45, 7) is 2.14. The number of aromatic nitrogens is 2. The second-order valence-corrected chi connectivity index (χ2v) is 6.24. The van der Waals surface area contributed by atoms with Gasteiger partial charge < -0.3 is 14.7 Å². The molecule has 104 valence electrons. The number of rotatable bonds is 1. The minimum absolute atomic E-state index is 0.260. The first-order valence-corrected chi connectivity index (χ1v) is 6.73. The molecule has 1 aliphatic rings. The molecule has 1 atom stereocenters. The maximum absolute atomic E-state index is 13.1. The third kappa shape index (κ3) is 2.14. The minimum Gasteiger partial charge on any atom is -0.490 e. The van der Waals surface area contributed by atoms with Crippen molar-refractivity contribution < 1.29 is 9.13 Å². The molecule has 0 saturated heterocycles. The molecule has 0 amide bonds. The van der Waals surface area contributed by atoms with Gasteiger partial charge in [0.05, 0.1) is 15.3 Å². The Morgan fingerprint density at radius 3 is 2.90 bits per heavy atom. The first-order valence-electron chi connectivity index (χ1n) is 5.92. The van der Waals surface area contributed by atoms with Crippen molar-refractivity contribution in [2.24, 2.45) is 0 Å². The predicted molar refractivity (Wildman–Crippen MR) is 72.8 cm³/mol. The fourth-order valence-electron chi connectivity index (χ4n) is 2.00. The molecule has 0 spiro atoms. The van der Waals surface area contributed by atoms with Crippen LogP contribution < -0.4 is 15.9 Å². The molecule has 0 aliphatic carbocycles. The summed E-state index contributed by atoms with van der Waals surface area (Å²) in [6, 6.07) is 4.32. The number of thioether (sulfide) groups is 1. The van der Waals surface area contributed by atoms with E-state index in [0.29, 0.717) is 11.4 Å². The molecule has 0 radical (unpaired) electrons. The van der Waals surface area contributed by atoms with Crippen LogP contribution >= 0.6 is 11.8 Å². The fraction of sp³-hybridized carbons (Fsp3) is 0.231. The molecule has 1 unspecified atom stereocenters. The van der Waals surface area contributed by atoms with Crippen molar-refractivity contribution in [2.45, 2.75) is 16.6 Å². The van der Waals surface area contributed by atoms with Gasteiger partial charge in [-0.05, 0) is 19.1 Å². The van der Waals surface area contributed by atoms with Crippen molar-refractivity contribution in [3.05, 3.63) is 56.6 Å². The largest absolute Gasteiger partial charge is 0.490 e. The summed E-state index contributed by atoms with van der Waals surface area (Å²) < 4.78 is 18.1. The van der Waals surface area contributed by atoms with E-state index in [1.54, 1.807) is 6.07 Å². The van der Waals surface area contributed by atoms with Gasteiger partial charge in [-0.1, -0.05) is 0 Å². The standard InChI is InChI=1S/C13H11FN2O3S/c1-13(10-5-15-11(17)12(18)16-10)6-19-8-4-7(14)2-3-9(8)20-13/h2-5H,6H2,1H3,(H,15,17)(H,16,18). The second kappa shape index (κ2) is 4.52. The van der Waals surface area contributed by atoms with Crippen molar-refractivity contribution in [3.63, 3.8) is 0 Å². The average molecular weight is 294 g/mol. The third-order valence-corrected chi connectivity index (χ3v) is 4.46. The molecule has 0 fully saturated rings. The van der Waals surface area contributed by atoms with E-state index in [1.807, 2.05) is 6.92 Å². The molecule has 1 aromatic heterocycles. The van der Waals surface area contributed by atoms with Crippen LogP contribution in [0.3, 0.4) is 0 Å². The second-order valence-electron chi connectivity index (χ2n) is 4.70. The highest BCUT2D eigenvalue weighted by Gasteiger charge is 2.35. The van der Waals surface area contributed by atoms with Crippen LogP contribution in [0.4, 0.5) is 4.39 Å². The number of hydrogen-bond acceptors (Lipinski definition) is 4. The summed E-state index contributed by atoms with van der Waals surface area (Å²) >= 11 is 1.45. The SMILES string of the molecule is CC1(c2c[nH]c(=O)c(=O)[nH]2)COc2cc(F)ccc2S1. The minimum atomic E-state index is -0.700. The van der Waals surface area contributed by atoms with Crippen LogP contribution in [-0.2, 0) is 4.75 Å². The van der Waals surface area contributed by atoms with E-state index in [1.165, 1.54) is 30.1 Å². The molecule has 2 N–H and O–H groups in total. The molecule has 20 heavy (non-hydrogen) atoms. The summed E-state index contributed by atoms with van der Waals surface area (Å²) in [4.78, 5) is 28.3. The molecule has 2 heterocycles. The van der Waals surface area contributed by atoms with Gasteiger partial charge in [0.2, 0.25) is 0 Å². The highest BCUT2D eigenvalue weighted by atomic mass is 32.2. The molecule has 1 aliphatic heterocycles. The Labute approximate surface area is 117 Å². The predicted octanol–water partition coefficient (Wildman–Crippen LogP) is 1.60. The van der Waals surface area contributed by atoms with Crippen LogP contribution in [-0.4, -0.2) is 16.6 Å². The average Bonchev–Trinajstić information content (AvgIpc) is 2.42. The Balaban J connectivity index is 2.02. The summed E-state index contributed by atoms with van der Waals surface area (Å²) in [6.07, 6.45) is 1.47. The normalized spacial score (nSPS) is 21.1. The fourth-order valence-corrected chi connectivity index (χ4v) is 3.18. The van der Waals surface area contributed by atoms with E-state index in [4.69, 9.17) is 4.74 Å². The first kappa shape index (κ1) is 13.0. The van der Waals surface area contributed by atoms with Gasteiger partial charge in [-0.3, -0.25) is 9.59 Å². The number of halogens is 1. The number of H-pyrrole nitrogens is 2. The highest BCUT2D eigenvalue weighted by molar-refractivity contribution is 8.00. The molecular formula is C13H11FN2O3S. The number of hydrogen-bond donors (Lipinski definition) is 2. The zero-order valence-corrected chi connectivity index (χ0v) is 11.3. The van der Waals surface area contributed by atoms with E-state index in [-0.39, 0.29) is 12.4 Å². The van der Waals surface area contributed by atoms with Gasteiger partial charge in [-0.2, -0.15) is 0 Å². The smallest absolute Gasteiger partial charge is 0.313 e. The van der Waals surface area contributed by atoms with Crippen LogP contribution in [0, 0.1) is 5.82 Å². The zero-order chi connectivity index (χ0) is 14.3. The van der Waals surface area contributed by atoms with E-state index in [0.717, 1.165) is 4.90 Å². The van der Waals surface area contributed by atoms with Crippen molar-refractivity contribution in [3.8, 4) is 5.75 Å². The summed E-state index contributed by atoms with van der Waals surface area (Å²) in [5.74, 6) is 0.129. The van der Waals surface area contributed by atoms with Gasteiger partial charge in [0.25, 0.3) is 0 Å². The van der Waals surface area contributed by atoms with Gasteiger partial charge in [0, 0.05) is 12.3 Å². The number of benzene rings is 1. The van der Waals surface area contributed by atoms with E-state index in [9.17, 15) is 14.0 Å². The van der Waals surface area contributed by atoms with Gasteiger partial charge in [0.15, 0.2) is 0 Å². The lowest BCUT2D eigenvalue weighted by molar-refractivity contribution is 0.261. The lowest BCUT2D eigenvalue weighted by atomic mass is 10.1. The summed E-state index contributed by atoms with van der Waals surface area (Å²) in [7, 11) is 0. The van der Waals surface area contributed by atoms with Crippen molar-refractivity contribution in [1.29, 1.82) is 0 Å². The molecule has 3 rings (SSSR count). The van der Waals surface area contributed by atoms with E-state index in [2.05, 4.69) is 9.97 Å². The maximum Gasteiger partial charge on any atom is 0.313 e. The Morgan fingerprint density at radius 2 is 2.15 bits per heavy atom. The lowest BCUT2D eigenvalue weighted by Crippen LogP contribution is -2.37. The summed E-state index contributed by atoms with van der Waals surface area (Å²) in [5.41, 5.74) is -0.835. The Morgan fingerprint density at radius 1 is 1.35 bits per heavy atom. The Kier molecular flexibility index (Phi) is 2.93. The van der Waals surface area contributed by atoms with Gasteiger partial charge in [0.1, 0.15) is 18.2 Å². The molecule has 1 aromatic carbocycles. The topological polar surface area (TPSA) is 75.0 Å². The van der Waals surface area contributed by atoms with Crippen LogP contribution in [0.15, 0.2) is 38.9 Å². The van der Waals surface area contributed by atoms with Gasteiger partial charge in [-0.15, -0.1) is 11.8 Å². The quantitative estimate of drug-likeness (QED) is 0.783. The Bertz CT molecular complexity index is 786. The maximum atomic E-state index is 13.1. The lowest BCUT2D eigenvalue weighted by Gasteiger charge is -2.33. The Hall–Kier alpha value is -2.02. The van der Waals surface area contributed by atoms with Gasteiger partial charge in [-0.25, -0.2) is 4.39 Å². The number of nitrogens with one attached hydrogen (secondary N) is 2. The number of fused-ring (bicyclic) bond motifs is 1. The third-order valence-electron chi connectivity index (χ3n) is 3.12. The van der Waals surface area contributed by atoms with E-state index >= 15 is 0 Å².